The van der Waals surface area contributed by atoms with Gasteiger partial charge in [-0.05, 0) is 53.2 Å². The van der Waals surface area contributed by atoms with Gasteiger partial charge in [0.05, 0.1) is 0 Å². The number of piperidine rings is 1. The number of nitrogens with zero attached hydrogens (tertiary/aromatic N) is 1. The number of nitrogens with one attached hydrogen (secondary N) is 1. The summed E-state index contributed by atoms with van der Waals surface area (Å²) in [5.41, 5.74) is 0.320. The number of hydrogen-bond donors (Lipinski definition) is 1. The Morgan fingerprint density at radius 2 is 1.85 bits per heavy atom. The van der Waals surface area contributed by atoms with Crippen molar-refractivity contribution in [2.75, 3.05) is 20.1 Å². The highest BCUT2D eigenvalue weighted by atomic mass is 15.1. The second kappa shape index (κ2) is 4.43. The van der Waals surface area contributed by atoms with Gasteiger partial charge in [0.1, 0.15) is 0 Å². The van der Waals surface area contributed by atoms with Gasteiger partial charge in [-0.3, -0.25) is 0 Å². The first kappa shape index (κ1) is 11.0. The molecule has 1 rings (SSSR count). The molecule has 1 N–H and O–H groups in total. The van der Waals surface area contributed by atoms with Gasteiger partial charge in [0.25, 0.3) is 0 Å². The van der Waals surface area contributed by atoms with Crippen LogP contribution in [0.25, 0.3) is 0 Å². The first-order chi connectivity index (χ1) is 6.03. The maximum absolute atomic E-state index is 3.74. The van der Waals surface area contributed by atoms with Gasteiger partial charge in [0.15, 0.2) is 0 Å². The van der Waals surface area contributed by atoms with Gasteiger partial charge in [-0.25, -0.2) is 0 Å². The number of likely N-dealkylation sites (tertiary alicyclic amines) is 1. The highest BCUT2D eigenvalue weighted by Crippen LogP contribution is 2.14. The Labute approximate surface area is 82.7 Å². The molecular formula is C11H24N2. The molecule has 0 amide bonds. The molecule has 1 aliphatic heterocycles. The third-order valence-electron chi connectivity index (χ3n) is 3.20. The zero-order valence-electron chi connectivity index (χ0n) is 9.56. The summed E-state index contributed by atoms with van der Waals surface area (Å²) in [4.78, 5) is 2.41. The van der Waals surface area contributed by atoms with E-state index in [2.05, 4.69) is 38.0 Å². The van der Waals surface area contributed by atoms with Crippen LogP contribution in [-0.2, 0) is 0 Å². The Kier molecular flexibility index (Phi) is 3.74. The Balaban J connectivity index is 2.30. The lowest BCUT2D eigenvalue weighted by atomic mass is 9.97. The Bertz CT molecular complexity index is 146. The predicted molar refractivity (Wildman–Crippen MR) is 58.0 cm³/mol. The van der Waals surface area contributed by atoms with Crippen molar-refractivity contribution < 1.29 is 0 Å². The first-order valence-electron chi connectivity index (χ1n) is 5.50. The molecule has 0 saturated carbocycles. The van der Waals surface area contributed by atoms with Crippen molar-refractivity contribution in [3.05, 3.63) is 0 Å². The molecule has 0 atom stereocenters. The summed E-state index contributed by atoms with van der Waals surface area (Å²) in [5, 5.41) is 3.74. The summed E-state index contributed by atoms with van der Waals surface area (Å²) in [6.07, 6.45) is 3.82. The maximum atomic E-state index is 3.74. The fraction of sp³-hybridized carbons (Fsp3) is 1.00. The van der Waals surface area contributed by atoms with Crippen molar-refractivity contribution in [3.63, 3.8) is 0 Å². The lowest BCUT2D eigenvalue weighted by Gasteiger charge is -2.36. The van der Waals surface area contributed by atoms with Crippen LogP contribution < -0.4 is 5.32 Å². The van der Waals surface area contributed by atoms with E-state index in [1.54, 1.807) is 0 Å². The maximum Gasteiger partial charge on any atom is 0.0125 e. The monoisotopic (exact) mass is 184 g/mol. The minimum Gasteiger partial charge on any atom is -0.309 e. The molecule has 2 heteroatoms. The van der Waals surface area contributed by atoms with E-state index in [0.717, 1.165) is 6.04 Å². The second-order valence-electron chi connectivity index (χ2n) is 4.96. The molecule has 1 aliphatic rings. The molecule has 0 aromatic heterocycles. The van der Waals surface area contributed by atoms with Crippen LogP contribution in [0.3, 0.4) is 0 Å². The SMILES string of the molecule is CCC(C)(C)NC1CCN(C)CC1. The summed E-state index contributed by atoms with van der Waals surface area (Å²) >= 11 is 0. The van der Waals surface area contributed by atoms with E-state index in [1.165, 1.54) is 32.4 Å². The number of rotatable bonds is 3. The van der Waals surface area contributed by atoms with Crippen LogP contribution in [0.2, 0.25) is 0 Å². The molecule has 0 spiro atoms. The summed E-state index contributed by atoms with van der Waals surface area (Å²) < 4.78 is 0. The lowest BCUT2D eigenvalue weighted by Crippen LogP contribution is -2.49. The summed E-state index contributed by atoms with van der Waals surface area (Å²) in [7, 11) is 2.21. The molecule has 1 fully saturated rings. The van der Waals surface area contributed by atoms with Gasteiger partial charge in [0.2, 0.25) is 0 Å². The topological polar surface area (TPSA) is 15.3 Å². The van der Waals surface area contributed by atoms with Crippen molar-refractivity contribution in [3.8, 4) is 0 Å². The van der Waals surface area contributed by atoms with Crippen molar-refractivity contribution in [1.82, 2.24) is 10.2 Å². The molecule has 0 unspecified atom stereocenters. The van der Waals surface area contributed by atoms with E-state index in [4.69, 9.17) is 0 Å². The lowest BCUT2D eigenvalue weighted by molar-refractivity contribution is 0.203. The van der Waals surface area contributed by atoms with Crippen molar-refractivity contribution >= 4 is 0 Å². The van der Waals surface area contributed by atoms with Crippen molar-refractivity contribution in [2.24, 2.45) is 0 Å². The minimum absolute atomic E-state index is 0.320. The largest absolute Gasteiger partial charge is 0.309 e. The van der Waals surface area contributed by atoms with E-state index in [0.29, 0.717) is 5.54 Å². The summed E-state index contributed by atoms with van der Waals surface area (Å²) in [6, 6.07) is 0.742. The highest BCUT2D eigenvalue weighted by molar-refractivity contribution is 4.84. The van der Waals surface area contributed by atoms with E-state index in [1.807, 2.05) is 0 Å². The van der Waals surface area contributed by atoms with Gasteiger partial charge >= 0.3 is 0 Å². The average molecular weight is 184 g/mol. The average Bonchev–Trinajstić information content (AvgIpc) is 2.09. The van der Waals surface area contributed by atoms with Crippen LogP contribution in [0.5, 0.6) is 0 Å². The molecule has 78 valence electrons. The fourth-order valence-electron chi connectivity index (χ4n) is 1.81. The third-order valence-corrected chi connectivity index (χ3v) is 3.20. The van der Waals surface area contributed by atoms with E-state index in [9.17, 15) is 0 Å². The Morgan fingerprint density at radius 3 is 2.31 bits per heavy atom. The molecule has 0 radical (unpaired) electrons. The molecule has 0 aromatic rings. The van der Waals surface area contributed by atoms with Crippen LogP contribution in [0.1, 0.15) is 40.0 Å². The summed E-state index contributed by atoms with van der Waals surface area (Å²) in [5.74, 6) is 0. The zero-order valence-corrected chi connectivity index (χ0v) is 9.56. The highest BCUT2D eigenvalue weighted by Gasteiger charge is 2.22. The molecule has 1 saturated heterocycles. The normalized spacial score (nSPS) is 22.2. The van der Waals surface area contributed by atoms with Gasteiger partial charge < -0.3 is 10.2 Å². The second-order valence-corrected chi connectivity index (χ2v) is 4.96. The van der Waals surface area contributed by atoms with Crippen LogP contribution in [-0.4, -0.2) is 36.6 Å². The molecular weight excluding hydrogens is 160 g/mol. The quantitative estimate of drug-likeness (QED) is 0.720. The minimum atomic E-state index is 0.320. The van der Waals surface area contributed by atoms with E-state index in [-0.39, 0.29) is 0 Å². The van der Waals surface area contributed by atoms with Crippen LogP contribution in [0.4, 0.5) is 0 Å². The van der Waals surface area contributed by atoms with Crippen molar-refractivity contribution in [1.29, 1.82) is 0 Å². The van der Waals surface area contributed by atoms with Gasteiger partial charge in [-0.1, -0.05) is 6.92 Å². The molecule has 2 nitrogen and oxygen atoms in total. The Hall–Kier alpha value is -0.0800. The molecule has 0 bridgehead atoms. The summed E-state index contributed by atoms with van der Waals surface area (Å²) in [6.45, 7) is 9.34. The fourth-order valence-corrected chi connectivity index (χ4v) is 1.81. The Morgan fingerprint density at radius 1 is 1.31 bits per heavy atom. The van der Waals surface area contributed by atoms with Crippen LogP contribution >= 0.6 is 0 Å². The zero-order chi connectivity index (χ0) is 9.90. The van der Waals surface area contributed by atoms with E-state index >= 15 is 0 Å². The van der Waals surface area contributed by atoms with Crippen LogP contribution in [0, 0.1) is 0 Å². The molecule has 13 heavy (non-hydrogen) atoms. The molecule has 0 aliphatic carbocycles. The number of hydrogen-bond acceptors (Lipinski definition) is 2. The van der Waals surface area contributed by atoms with Gasteiger partial charge in [-0.2, -0.15) is 0 Å². The predicted octanol–water partition coefficient (Wildman–Crippen LogP) is 1.86. The van der Waals surface area contributed by atoms with E-state index < -0.39 is 0 Å². The molecule has 1 heterocycles. The first-order valence-corrected chi connectivity index (χ1v) is 5.50. The van der Waals surface area contributed by atoms with Crippen LogP contribution in [0.15, 0.2) is 0 Å². The van der Waals surface area contributed by atoms with Gasteiger partial charge in [-0.15, -0.1) is 0 Å². The smallest absolute Gasteiger partial charge is 0.0125 e. The van der Waals surface area contributed by atoms with Crippen molar-refractivity contribution in [2.45, 2.75) is 51.6 Å². The van der Waals surface area contributed by atoms with Gasteiger partial charge in [0, 0.05) is 11.6 Å². The molecule has 0 aromatic carbocycles. The third kappa shape index (κ3) is 3.65. The standard InChI is InChI=1S/C11H24N2/c1-5-11(2,3)12-10-6-8-13(4)9-7-10/h10,12H,5-9H2,1-4H3.